The van der Waals surface area contributed by atoms with E-state index in [-0.39, 0.29) is 23.3 Å². The fraction of sp³-hybridized carbons (Fsp3) is 0.636. The van der Waals surface area contributed by atoms with Gasteiger partial charge in [0.2, 0.25) is 5.91 Å². The molecule has 0 aliphatic carbocycles. The average molecular weight is 370 g/mol. The summed E-state index contributed by atoms with van der Waals surface area (Å²) in [6.07, 6.45) is 2.92. The summed E-state index contributed by atoms with van der Waals surface area (Å²) in [5, 5.41) is 3.35. The molecule has 1 N–H and O–H groups in total. The van der Waals surface area contributed by atoms with E-state index in [0.29, 0.717) is 11.8 Å². The molecular formula is C22H31N3O2. The summed E-state index contributed by atoms with van der Waals surface area (Å²) in [7, 11) is 0. The van der Waals surface area contributed by atoms with Crippen LogP contribution in [0.4, 0.5) is 0 Å². The molecule has 27 heavy (non-hydrogen) atoms. The Balaban J connectivity index is 1.42. The van der Waals surface area contributed by atoms with Crippen LogP contribution in [-0.4, -0.2) is 59.9 Å². The van der Waals surface area contributed by atoms with Gasteiger partial charge in [-0.3, -0.25) is 9.59 Å². The summed E-state index contributed by atoms with van der Waals surface area (Å²) >= 11 is 0. The van der Waals surface area contributed by atoms with Gasteiger partial charge in [0.1, 0.15) is 0 Å². The van der Waals surface area contributed by atoms with E-state index in [0.717, 1.165) is 51.1 Å². The van der Waals surface area contributed by atoms with E-state index in [2.05, 4.69) is 24.1 Å². The zero-order chi connectivity index (χ0) is 19.0. The Bertz CT molecular complexity index is 697. The maximum absolute atomic E-state index is 12.7. The van der Waals surface area contributed by atoms with Crippen molar-refractivity contribution >= 4 is 11.8 Å². The van der Waals surface area contributed by atoms with Gasteiger partial charge in [0.05, 0.1) is 5.92 Å². The molecule has 0 saturated carbocycles. The van der Waals surface area contributed by atoms with Gasteiger partial charge in [-0.2, -0.15) is 0 Å². The number of nitrogens with one attached hydrogen (secondary N) is 1. The van der Waals surface area contributed by atoms with E-state index in [4.69, 9.17) is 0 Å². The molecule has 0 radical (unpaired) electrons. The van der Waals surface area contributed by atoms with Crippen molar-refractivity contribution in [3.8, 4) is 0 Å². The topological polar surface area (TPSA) is 52.7 Å². The number of fused-ring (bicyclic) bond motifs is 2. The highest BCUT2D eigenvalue weighted by molar-refractivity contribution is 5.94. The molecule has 3 aliphatic heterocycles. The zero-order valence-electron chi connectivity index (χ0n) is 16.5. The molecule has 3 fully saturated rings. The molecule has 3 heterocycles. The number of rotatable bonds is 4. The van der Waals surface area contributed by atoms with E-state index in [1.807, 2.05) is 35.2 Å². The first-order chi connectivity index (χ1) is 13.0. The number of hydrogen-bond acceptors (Lipinski definition) is 3. The Morgan fingerprint density at radius 1 is 1.22 bits per heavy atom. The summed E-state index contributed by atoms with van der Waals surface area (Å²) in [6, 6.07) is 9.50. The Hall–Kier alpha value is -1.88. The molecule has 1 spiro atoms. The molecule has 0 bridgehead atoms. The van der Waals surface area contributed by atoms with Crippen LogP contribution in [0.15, 0.2) is 30.3 Å². The molecule has 2 amide bonds. The van der Waals surface area contributed by atoms with Crippen molar-refractivity contribution in [1.29, 1.82) is 0 Å². The van der Waals surface area contributed by atoms with Gasteiger partial charge in [0, 0.05) is 49.7 Å². The molecule has 1 aromatic carbocycles. The van der Waals surface area contributed by atoms with Crippen molar-refractivity contribution in [3.63, 3.8) is 0 Å². The van der Waals surface area contributed by atoms with Gasteiger partial charge in [-0.1, -0.05) is 38.5 Å². The first kappa shape index (κ1) is 18.5. The minimum Gasteiger partial charge on any atom is -0.350 e. The first-order valence-electron chi connectivity index (χ1n) is 10.4. The number of likely N-dealkylation sites (tertiary alicyclic amines) is 2. The standard InChI is InChI=1S/C22H31N3O2/c1-3-16(2)13-24-14-18-19(15-24)22(23-20(18)26)9-11-25(12-10-22)21(27)17-7-5-4-6-8-17/h4-8,16,18-19H,3,9-15H2,1-2H3,(H,23,26)/t16-,18+,19-/m0/s1. The summed E-state index contributed by atoms with van der Waals surface area (Å²) < 4.78 is 0. The SMILES string of the molecule is CC[C@H](C)CN1C[C@H]2C(=O)NC3(CCN(C(=O)c4ccccc4)CC3)[C@H]2C1. The van der Waals surface area contributed by atoms with Crippen molar-refractivity contribution in [1.82, 2.24) is 15.1 Å². The summed E-state index contributed by atoms with van der Waals surface area (Å²) in [4.78, 5) is 29.8. The summed E-state index contributed by atoms with van der Waals surface area (Å²) in [5.41, 5.74) is 0.641. The third-order valence-corrected chi connectivity index (χ3v) is 7.04. The Morgan fingerprint density at radius 2 is 1.93 bits per heavy atom. The molecule has 3 aliphatic rings. The largest absolute Gasteiger partial charge is 0.350 e. The van der Waals surface area contributed by atoms with Crippen molar-refractivity contribution in [2.75, 3.05) is 32.7 Å². The number of nitrogens with zero attached hydrogens (tertiary/aromatic N) is 2. The molecule has 5 heteroatoms. The lowest BCUT2D eigenvalue weighted by atomic mass is 9.75. The molecule has 3 saturated heterocycles. The Morgan fingerprint density at radius 3 is 2.59 bits per heavy atom. The van der Waals surface area contributed by atoms with Crippen molar-refractivity contribution < 1.29 is 9.59 Å². The molecule has 146 valence electrons. The van der Waals surface area contributed by atoms with Crippen LogP contribution in [0.25, 0.3) is 0 Å². The van der Waals surface area contributed by atoms with Gasteiger partial charge in [-0.15, -0.1) is 0 Å². The monoisotopic (exact) mass is 369 g/mol. The van der Waals surface area contributed by atoms with Crippen LogP contribution in [0, 0.1) is 17.8 Å². The molecule has 1 aromatic rings. The normalized spacial score (nSPS) is 28.2. The number of amides is 2. The number of carbonyl (C=O) groups is 2. The Kier molecular flexibility index (Phi) is 4.97. The van der Waals surface area contributed by atoms with Crippen molar-refractivity contribution in [2.45, 2.75) is 38.6 Å². The maximum atomic E-state index is 12.7. The summed E-state index contributed by atoms with van der Waals surface area (Å²) in [6.45, 7) is 8.97. The van der Waals surface area contributed by atoms with Crippen LogP contribution >= 0.6 is 0 Å². The van der Waals surface area contributed by atoms with Crippen LogP contribution in [0.1, 0.15) is 43.5 Å². The molecule has 3 atom stereocenters. The molecule has 0 aromatic heterocycles. The third kappa shape index (κ3) is 3.38. The zero-order valence-corrected chi connectivity index (χ0v) is 16.5. The fourth-order valence-electron chi connectivity index (χ4n) is 5.23. The lowest BCUT2D eigenvalue weighted by molar-refractivity contribution is -0.123. The minimum atomic E-state index is -0.112. The predicted octanol–water partition coefficient (Wildman–Crippen LogP) is 2.39. The van der Waals surface area contributed by atoms with Crippen molar-refractivity contribution in [2.24, 2.45) is 17.8 Å². The van der Waals surface area contributed by atoms with Crippen LogP contribution in [0.3, 0.4) is 0 Å². The number of piperidine rings is 1. The van der Waals surface area contributed by atoms with E-state index in [9.17, 15) is 9.59 Å². The van der Waals surface area contributed by atoms with E-state index in [1.165, 1.54) is 6.42 Å². The lowest BCUT2D eigenvalue weighted by Crippen LogP contribution is -2.56. The second kappa shape index (κ2) is 7.27. The second-order valence-corrected chi connectivity index (χ2v) is 8.75. The summed E-state index contributed by atoms with van der Waals surface area (Å²) in [5.74, 6) is 1.53. The van der Waals surface area contributed by atoms with E-state index in [1.54, 1.807) is 0 Å². The van der Waals surface area contributed by atoms with Crippen LogP contribution in [-0.2, 0) is 4.79 Å². The van der Waals surface area contributed by atoms with Gasteiger partial charge in [-0.25, -0.2) is 0 Å². The van der Waals surface area contributed by atoms with Crippen LogP contribution < -0.4 is 5.32 Å². The Labute approximate surface area is 162 Å². The van der Waals surface area contributed by atoms with E-state index < -0.39 is 0 Å². The highest BCUT2D eigenvalue weighted by atomic mass is 16.2. The molecular weight excluding hydrogens is 338 g/mol. The predicted molar refractivity (Wildman–Crippen MR) is 105 cm³/mol. The highest BCUT2D eigenvalue weighted by Gasteiger charge is 2.57. The maximum Gasteiger partial charge on any atom is 0.253 e. The van der Waals surface area contributed by atoms with E-state index >= 15 is 0 Å². The molecule has 5 nitrogen and oxygen atoms in total. The van der Waals surface area contributed by atoms with Gasteiger partial charge >= 0.3 is 0 Å². The average Bonchev–Trinajstić information content (AvgIpc) is 3.22. The highest BCUT2D eigenvalue weighted by Crippen LogP contribution is 2.44. The van der Waals surface area contributed by atoms with Gasteiger partial charge < -0.3 is 15.1 Å². The number of benzene rings is 1. The number of hydrogen-bond donors (Lipinski definition) is 1. The van der Waals surface area contributed by atoms with Gasteiger partial charge in [-0.05, 0) is 30.9 Å². The van der Waals surface area contributed by atoms with Crippen LogP contribution in [0.2, 0.25) is 0 Å². The van der Waals surface area contributed by atoms with Crippen LogP contribution in [0.5, 0.6) is 0 Å². The molecule has 0 unspecified atom stereocenters. The third-order valence-electron chi connectivity index (χ3n) is 7.04. The first-order valence-corrected chi connectivity index (χ1v) is 10.4. The second-order valence-electron chi connectivity index (χ2n) is 8.75. The minimum absolute atomic E-state index is 0.108. The fourth-order valence-corrected chi connectivity index (χ4v) is 5.23. The quantitative estimate of drug-likeness (QED) is 0.887. The number of carbonyl (C=O) groups excluding carboxylic acids is 2. The smallest absolute Gasteiger partial charge is 0.253 e. The molecule has 4 rings (SSSR count). The van der Waals surface area contributed by atoms with Gasteiger partial charge in [0.25, 0.3) is 5.91 Å². The van der Waals surface area contributed by atoms with Crippen molar-refractivity contribution in [3.05, 3.63) is 35.9 Å². The van der Waals surface area contributed by atoms with Gasteiger partial charge in [0.15, 0.2) is 0 Å². The lowest BCUT2D eigenvalue weighted by Gasteiger charge is -2.43.